The second-order valence-electron chi connectivity index (χ2n) is 30.0. The van der Waals surface area contributed by atoms with E-state index < -0.39 is 0 Å². The van der Waals surface area contributed by atoms with Gasteiger partial charge in [0.15, 0.2) is 0 Å². The van der Waals surface area contributed by atoms with Gasteiger partial charge in [-0.1, -0.05) is 441 Å². The van der Waals surface area contributed by atoms with E-state index in [9.17, 15) is 19.2 Å². The number of carbonyl (C=O) groups is 4. The largest absolute Gasteiger partial charge is 0.463 e. The van der Waals surface area contributed by atoms with E-state index in [0.717, 1.165) is 49.4 Å². The lowest BCUT2D eigenvalue weighted by Crippen LogP contribution is -2.06. The minimum absolute atomic E-state index is 0.287. The van der Waals surface area contributed by atoms with Crippen molar-refractivity contribution in [3.05, 3.63) is 50.6 Å². The minimum Gasteiger partial charge on any atom is -0.463 e. The van der Waals surface area contributed by atoms with Crippen molar-refractivity contribution >= 4 is 23.9 Å². The first kappa shape index (κ1) is 103. The topological polar surface area (TPSA) is 105 Å². The fraction of sp³-hybridized carbons (Fsp3) is 0.870. The molecule has 0 aliphatic carbocycles. The monoisotopic (exact) mass is 1410 g/mol. The Hall–Kier alpha value is -3.16. The van der Waals surface area contributed by atoms with Crippen LogP contribution in [0, 0.1) is 23.7 Å². The SMILES string of the molecule is C=CC(=O)OCCCC(CCCCCCC)CCCCCCCC.C=CC(=O)OCCCC(CCCCCCC)CCCCCCCCC.C=CC(=O)OCCCC(CCCCCCCC)CCCCCCCC.C=CC(=O)OCCCC(CCCCCCCC)CCCCCCCCC. The van der Waals surface area contributed by atoms with Crippen LogP contribution in [0.15, 0.2) is 50.6 Å². The maximum absolute atomic E-state index is 11.1. The lowest BCUT2D eigenvalue weighted by molar-refractivity contribution is -0.138. The minimum atomic E-state index is -0.290. The Morgan fingerprint density at radius 3 is 0.420 bits per heavy atom. The molecule has 0 saturated heterocycles. The molecule has 0 bridgehead atoms. The normalized spacial score (nSPS) is 11.8. The van der Waals surface area contributed by atoms with Crippen molar-refractivity contribution < 1.29 is 38.1 Å². The van der Waals surface area contributed by atoms with E-state index in [1.54, 1.807) is 0 Å². The second-order valence-corrected chi connectivity index (χ2v) is 30.0. The summed E-state index contributed by atoms with van der Waals surface area (Å²) in [6, 6.07) is 0. The predicted octanol–water partition coefficient (Wildman–Crippen LogP) is 30.5. The molecule has 0 N–H and O–H groups in total. The maximum atomic E-state index is 11.1. The third-order valence-corrected chi connectivity index (χ3v) is 20.4. The predicted molar refractivity (Wildman–Crippen MR) is 439 cm³/mol. The first-order valence-corrected chi connectivity index (χ1v) is 44.1. The zero-order chi connectivity index (χ0) is 74.4. The smallest absolute Gasteiger partial charge is 0.330 e. The molecular weight excluding hydrogens is 1230 g/mol. The first-order valence-electron chi connectivity index (χ1n) is 44.1. The van der Waals surface area contributed by atoms with Crippen molar-refractivity contribution in [3.63, 3.8) is 0 Å². The molecule has 3 atom stereocenters. The number of hydrogen-bond acceptors (Lipinski definition) is 8. The summed E-state index contributed by atoms with van der Waals surface area (Å²) in [5.41, 5.74) is 0. The van der Waals surface area contributed by atoms with Crippen molar-refractivity contribution in [2.24, 2.45) is 23.7 Å². The average Bonchev–Trinajstić information content (AvgIpc) is 3.12. The van der Waals surface area contributed by atoms with Gasteiger partial charge in [-0.3, -0.25) is 0 Å². The Labute approximate surface area is 625 Å². The van der Waals surface area contributed by atoms with Gasteiger partial charge in [-0.15, -0.1) is 0 Å². The van der Waals surface area contributed by atoms with Gasteiger partial charge in [0.2, 0.25) is 0 Å². The summed E-state index contributed by atoms with van der Waals surface area (Å²) in [7, 11) is 0. The highest BCUT2D eigenvalue weighted by molar-refractivity contribution is 5.82. The number of carbonyl (C=O) groups excluding carboxylic acids is 4. The Balaban J connectivity index is -0.000000615. The molecule has 0 spiro atoms. The summed E-state index contributed by atoms with van der Waals surface area (Å²) in [4.78, 5) is 44.4. The summed E-state index contributed by atoms with van der Waals surface area (Å²) in [5, 5.41) is 0. The molecule has 592 valence electrons. The van der Waals surface area contributed by atoms with E-state index in [0.29, 0.717) is 26.4 Å². The van der Waals surface area contributed by atoms with Crippen LogP contribution in [0.3, 0.4) is 0 Å². The van der Waals surface area contributed by atoms with Crippen molar-refractivity contribution in [2.75, 3.05) is 26.4 Å². The summed E-state index contributed by atoms with van der Waals surface area (Å²) >= 11 is 0. The standard InChI is InChI=1S/C24H46O2.2C23H44O2.C22H42O2/c1-4-7-9-11-13-15-17-20-23(19-16-14-12-10-8-5-2)21-18-22-26-24(25)6-3;1-4-7-9-11-12-14-16-19-22(18-15-13-10-8-5-2)20-17-21-25-23(24)6-3;1-4-7-9-11-13-15-18-22(19-16-14-12-10-8-5-2)20-17-21-25-23(24)6-3;1-4-7-9-11-13-15-18-21(17-14-12-10-8-5-2)19-16-20-24-22(23)6-3/h6,23H,3-5,7-22H2,1-2H3;2*6,22H,3-5,7-21H2,1-2H3;6,21H,3-5,7-20H2,1-2H3. The molecule has 100 heavy (non-hydrogen) atoms. The van der Waals surface area contributed by atoms with E-state index in [-0.39, 0.29) is 23.9 Å². The van der Waals surface area contributed by atoms with Crippen LogP contribution in [-0.4, -0.2) is 50.3 Å². The van der Waals surface area contributed by atoms with Gasteiger partial charge in [-0.25, -0.2) is 19.2 Å². The van der Waals surface area contributed by atoms with Gasteiger partial charge in [0.1, 0.15) is 0 Å². The molecule has 8 heteroatoms. The second kappa shape index (κ2) is 91.9. The highest BCUT2D eigenvalue weighted by Gasteiger charge is 2.14. The molecule has 0 rings (SSSR count). The average molecular weight is 1410 g/mol. The van der Waals surface area contributed by atoms with Crippen molar-refractivity contribution in [3.8, 4) is 0 Å². The third kappa shape index (κ3) is 89.1. The fourth-order valence-electron chi connectivity index (χ4n) is 13.9. The Bertz CT molecular complexity index is 1660. The molecule has 0 amide bonds. The van der Waals surface area contributed by atoms with E-state index in [1.165, 1.54) is 410 Å². The van der Waals surface area contributed by atoms with Crippen LogP contribution >= 0.6 is 0 Å². The lowest BCUT2D eigenvalue weighted by Gasteiger charge is -2.17. The highest BCUT2D eigenvalue weighted by Crippen LogP contribution is 2.28. The van der Waals surface area contributed by atoms with Gasteiger partial charge in [-0.2, -0.15) is 0 Å². The van der Waals surface area contributed by atoms with Crippen LogP contribution in [-0.2, 0) is 38.1 Å². The van der Waals surface area contributed by atoms with Crippen LogP contribution in [0.4, 0.5) is 0 Å². The number of hydrogen-bond donors (Lipinski definition) is 0. The van der Waals surface area contributed by atoms with Crippen molar-refractivity contribution in [2.45, 2.75) is 466 Å². The van der Waals surface area contributed by atoms with Crippen LogP contribution in [0.25, 0.3) is 0 Å². The van der Waals surface area contributed by atoms with Gasteiger partial charge in [0.05, 0.1) is 26.4 Å². The zero-order valence-electron chi connectivity index (χ0n) is 68.8. The van der Waals surface area contributed by atoms with E-state index >= 15 is 0 Å². The first-order chi connectivity index (χ1) is 49.0. The Morgan fingerprint density at radius 2 is 0.300 bits per heavy atom. The molecule has 3 unspecified atom stereocenters. The zero-order valence-corrected chi connectivity index (χ0v) is 68.8. The summed E-state index contributed by atoms with van der Waals surface area (Å²) in [6.07, 6.45) is 90.8. The van der Waals surface area contributed by atoms with Crippen LogP contribution in [0.5, 0.6) is 0 Å². The molecule has 0 radical (unpaired) electrons. The van der Waals surface area contributed by atoms with Gasteiger partial charge < -0.3 is 18.9 Å². The molecular formula is C92H176O8. The number of unbranched alkanes of at least 4 members (excludes halogenated alkanes) is 40. The van der Waals surface area contributed by atoms with Crippen LogP contribution < -0.4 is 0 Å². The van der Waals surface area contributed by atoms with E-state index in [1.807, 2.05) is 0 Å². The summed E-state index contributed by atoms with van der Waals surface area (Å²) in [5.74, 6) is 2.12. The Morgan fingerprint density at radius 1 is 0.190 bits per heavy atom. The van der Waals surface area contributed by atoms with E-state index in [4.69, 9.17) is 18.9 Å². The van der Waals surface area contributed by atoms with E-state index in [2.05, 4.69) is 81.7 Å². The molecule has 0 aromatic heterocycles. The van der Waals surface area contributed by atoms with Gasteiger partial charge in [0.25, 0.3) is 0 Å². The molecule has 0 aromatic carbocycles. The molecule has 0 heterocycles. The molecule has 8 nitrogen and oxygen atoms in total. The van der Waals surface area contributed by atoms with Gasteiger partial charge >= 0.3 is 23.9 Å². The molecule has 0 aliphatic rings. The third-order valence-electron chi connectivity index (χ3n) is 20.4. The van der Waals surface area contributed by atoms with Crippen molar-refractivity contribution in [1.82, 2.24) is 0 Å². The van der Waals surface area contributed by atoms with Crippen LogP contribution in [0.2, 0.25) is 0 Å². The molecule has 0 saturated carbocycles. The highest BCUT2D eigenvalue weighted by atomic mass is 16.5. The lowest BCUT2D eigenvalue weighted by atomic mass is 9.90. The maximum Gasteiger partial charge on any atom is 0.330 e. The fourth-order valence-corrected chi connectivity index (χ4v) is 13.9. The number of esters is 4. The Kier molecular flexibility index (Phi) is 94.9. The summed E-state index contributed by atoms with van der Waals surface area (Å²) < 4.78 is 20.5. The quantitative estimate of drug-likeness (QED) is 0.0257. The van der Waals surface area contributed by atoms with Crippen molar-refractivity contribution in [1.29, 1.82) is 0 Å². The summed E-state index contributed by atoms with van der Waals surface area (Å²) in [6.45, 7) is 34.2. The van der Waals surface area contributed by atoms with Crippen LogP contribution in [0.1, 0.15) is 466 Å². The van der Waals surface area contributed by atoms with Gasteiger partial charge in [0, 0.05) is 24.3 Å². The molecule has 0 fully saturated rings. The molecule has 0 aromatic rings. The van der Waals surface area contributed by atoms with Gasteiger partial charge in [-0.05, 0) is 75.0 Å². The molecule has 0 aliphatic heterocycles. The number of rotatable bonds is 76. The number of ether oxygens (including phenoxy) is 4.